The van der Waals surface area contributed by atoms with E-state index in [0.717, 1.165) is 30.8 Å². The van der Waals surface area contributed by atoms with E-state index < -0.39 is 0 Å². The van der Waals surface area contributed by atoms with Crippen LogP contribution in [0.2, 0.25) is 0 Å². The maximum atomic E-state index is 12.6. The molecule has 3 heterocycles. The number of carbonyl (C=O) groups is 2. The Balaban J connectivity index is 1.44. The van der Waals surface area contributed by atoms with Crippen molar-refractivity contribution in [1.29, 1.82) is 0 Å². The van der Waals surface area contributed by atoms with Crippen molar-refractivity contribution >= 4 is 11.8 Å². The average Bonchev–Trinajstić information content (AvgIpc) is 3.04. The topological polar surface area (TPSA) is 80.1 Å². The summed E-state index contributed by atoms with van der Waals surface area (Å²) in [5.74, 6) is 0.979. The lowest BCUT2D eigenvalue weighted by Gasteiger charge is -2.38. The van der Waals surface area contributed by atoms with E-state index >= 15 is 0 Å². The number of rotatable bonds is 4. The van der Waals surface area contributed by atoms with E-state index in [-0.39, 0.29) is 23.8 Å². The highest BCUT2D eigenvalue weighted by atomic mass is 16.2. The molecule has 2 amide bonds. The van der Waals surface area contributed by atoms with Crippen LogP contribution in [0.25, 0.3) is 0 Å². The molecule has 7 heteroatoms. The number of pyridine rings is 1. The molecule has 1 unspecified atom stereocenters. The number of carbonyl (C=O) groups excluding carboxylic acids is 2. The van der Waals surface area contributed by atoms with E-state index in [1.807, 2.05) is 34.6 Å². The second kappa shape index (κ2) is 6.90. The zero-order valence-corrected chi connectivity index (χ0v) is 14.9. The van der Waals surface area contributed by atoms with Crippen molar-refractivity contribution in [3.05, 3.63) is 47.8 Å². The molecule has 1 N–H and O–H groups in total. The quantitative estimate of drug-likeness (QED) is 0.910. The molecule has 2 aromatic rings. The van der Waals surface area contributed by atoms with E-state index in [1.165, 1.54) is 0 Å². The number of nitrogens with zero attached hydrogens (tertiary/aromatic N) is 4. The summed E-state index contributed by atoms with van der Waals surface area (Å²) >= 11 is 0. The third kappa shape index (κ3) is 3.09. The van der Waals surface area contributed by atoms with Crippen LogP contribution < -0.4 is 5.32 Å². The molecule has 0 radical (unpaired) electrons. The van der Waals surface area contributed by atoms with Gasteiger partial charge in [0.25, 0.3) is 5.91 Å². The molecule has 0 spiro atoms. The molecule has 7 nitrogen and oxygen atoms in total. The molecule has 1 saturated carbocycles. The summed E-state index contributed by atoms with van der Waals surface area (Å²) in [6.45, 7) is 3.71. The molecular weight excluding hydrogens is 330 g/mol. The lowest BCUT2D eigenvalue weighted by atomic mass is 9.84. The first-order chi connectivity index (χ1) is 12.6. The van der Waals surface area contributed by atoms with E-state index in [1.54, 1.807) is 12.4 Å². The molecule has 2 aliphatic rings. The van der Waals surface area contributed by atoms with Gasteiger partial charge in [0.15, 0.2) is 0 Å². The number of nitrogens with one attached hydrogen (secondary N) is 1. The number of hydrogen-bond donors (Lipinski definition) is 1. The van der Waals surface area contributed by atoms with Crippen LogP contribution in [0.4, 0.5) is 0 Å². The predicted molar refractivity (Wildman–Crippen MR) is 95.1 cm³/mol. The van der Waals surface area contributed by atoms with Crippen molar-refractivity contribution in [2.75, 3.05) is 6.54 Å². The fraction of sp³-hybridized carbons (Fsp3) is 0.474. The van der Waals surface area contributed by atoms with Crippen LogP contribution in [0.3, 0.4) is 0 Å². The first-order valence-electron chi connectivity index (χ1n) is 9.19. The number of imidazole rings is 1. The first kappa shape index (κ1) is 16.8. The largest absolute Gasteiger partial charge is 0.345 e. The molecule has 0 bridgehead atoms. The lowest BCUT2D eigenvalue weighted by Crippen LogP contribution is -2.45. The first-order valence-corrected chi connectivity index (χ1v) is 9.19. The number of hydrogen-bond acceptors (Lipinski definition) is 4. The van der Waals surface area contributed by atoms with E-state index in [9.17, 15) is 9.59 Å². The van der Waals surface area contributed by atoms with Crippen LogP contribution in [0, 0.1) is 5.92 Å². The molecule has 1 atom stereocenters. The van der Waals surface area contributed by atoms with E-state index in [2.05, 4.69) is 15.3 Å². The Labute approximate surface area is 152 Å². The predicted octanol–water partition coefficient (Wildman–Crippen LogP) is 1.91. The van der Waals surface area contributed by atoms with Crippen LogP contribution in [0.5, 0.6) is 0 Å². The molecule has 1 aliphatic carbocycles. The third-order valence-corrected chi connectivity index (χ3v) is 5.36. The second-order valence-corrected chi connectivity index (χ2v) is 7.02. The summed E-state index contributed by atoms with van der Waals surface area (Å²) in [4.78, 5) is 35.7. The minimum absolute atomic E-state index is 0.103. The summed E-state index contributed by atoms with van der Waals surface area (Å²) in [5.41, 5.74) is 1.19. The summed E-state index contributed by atoms with van der Waals surface area (Å²) in [7, 11) is 0. The Bertz CT molecular complexity index is 813. The van der Waals surface area contributed by atoms with Crippen molar-refractivity contribution in [2.24, 2.45) is 5.92 Å². The SMILES string of the molecule is CC1c2nc(C(=O)NCc3ccccn3)cn2CCN1C(=O)C1CCC1. The van der Waals surface area contributed by atoms with Crippen LogP contribution in [0.15, 0.2) is 30.6 Å². The highest BCUT2D eigenvalue weighted by Gasteiger charge is 2.36. The van der Waals surface area contributed by atoms with Gasteiger partial charge in [-0.1, -0.05) is 12.5 Å². The van der Waals surface area contributed by atoms with Crippen LogP contribution in [-0.4, -0.2) is 37.8 Å². The zero-order valence-electron chi connectivity index (χ0n) is 14.9. The van der Waals surface area contributed by atoms with Crippen molar-refractivity contribution in [3.63, 3.8) is 0 Å². The van der Waals surface area contributed by atoms with Gasteiger partial charge in [-0.2, -0.15) is 0 Å². The molecule has 26 heavy (non-hydrogen) atoms. The second-order valence-electron chi connectivity index (χ2n) is 7.02. The molecule has 2 aromatic heterocycles. The standard InChI is InChI=1S/C19H23N5O2/c1-13-17-22-16(18(25)21-11-15-7-2-3-8-20-15)12-23(17)9-10-24(13)19(26)14-5-4-6-14/h2-3,7-8,12-14H,4-6,9-11H2,1H3,(H,21,25). The average molecular weight is 353 g/mol. The van der Waals surface area contributed by atoms with Gasteiger partial charge in [-0.05, 0) is 31.9 Å². The van der Waals surface area contributed by atoms with Gasteiger partial charge in [0.05, 0.1) is 18.3 Å². The molecule has 0 saturated heterocycles. The summed E-state index contributed by atoms with van der Waals surface area (Å²) in [6.07, 6.45) is 6.63. The normalized spacial score (nSPS) is 19.6. The number of fused-ring (bicyclic) bond motifs is 1. The number of amides is 2. The van der Waals surface area contributed by atoms with Crippen LogP contribution in [0.1, 0.15) is 54.2 Å². The Morgan fingerprint density at radius 3 is 2.81 bits per heavy atom. The molecule has 1 aliphatic heterocycles. The smallest absolute Gasteiger partial charge is 0.271 e. The van der Waals surface area contributed by atoms with Gasteiger partial charge in [-0.15, -0.1) is 0 Å². The summed E-state index contributed by atoms with van der Waals surface area (Å²) in [5, 5.41) is 2.85. The van der Waals surface area contributed by atoms with Gasteiger partial charge >= 0.3 is 0 Å². The van der Waals surface area contributed by atoms with Gasteiger partial charge in [-0.3, -0.25) is 14.6 Å². The Kier molecular flexibility index (Phi) is 4.44. The fourth-order valence-electron chi connectivity index (χ4n) is 3.56. The summed E-state index contributed by atoms with van der Waals surface area (Å²) < 4.78 is 1.99. The minimum atomic E-state index is -0.221. The van der Waals surface area contributed by atoms with Gasteiger partial charge in [0.1, 0.15) is 11.5 Å². The van der Waals surface area contributed by atoms with Gasteiger partial charge in [0.2, 0.25) is 5.91 Å². The fourth-order valence-corrected chi connectivity index (χ4v) is 3.56. The molecular formula is C19H23N5O2. The highest BCUT2D eigenvalue weighted by Crippen LogP contribution is 2.33. The van der Waals surface area contributed by atoms with Crippen LogP contribution >= 0.6 is 0 Å². The van der Waals surface area contributed by atoms with Gasteiger partial charge in [0, 0.05) is 31.4 Å². The highest BCUT2D eigenvalue weighted by molar-refractivity contribution is 5.92. The number of aromatic nitrogens is 3. The Morgan fingerprint density at radius 1 is 1.27 bits per heavy atom. The minimum Gasteiger partial charge on any atom is -0.345 e. The Morgan fingerprint density at radius 2 is 2.12 bits per heavy atom. The third-order valence-electron chi connectivity index (χ3n) is 5.36. The van der Waals surface area contributed by atoms with Crippen LogP contribution in [-0.2, 0) is 17.9 Å². The lowest BCUT2D eigenvalue weighted by molar-refractivity contribution is -0.141. The maximum absolute atomic E-state index is 12.6. The molecule has 1 fully saturated rings. The van der Waals surface area contributed by atoms with Crippen molar-refractivity contribution < 1.29 is 9.59 Å². The molecule has 136 valence electrons. The maximum Gasteiger partial charge on any atom is 0.271 e. The van der Waals surface area contributed by atoms with Gasteiger partial charge < -0.3 is 14.8 Å². The van der Waals surface area contributed by atoms with Gasteiger partial charge in [-0.25, -0.2) is 4.98 Å². The van der Waals surface area contributed by atoms with E-state index in [4.69, 9.17) is 0 Å². The summed E-state index contributed by atoms with van der Waals surface area (Å²) in [6, 6.07) is 5.49. The monoisotopic (exact) mass is 353 g/mol. The Hall–Kier alpha value is -2.70. The molecule has 0 aromatic carbocycles. The van der Waals surface area contributed by atoms with Crippen molar-refractivity contribution in [2.45, 2.75) is 45.3 Å². The van der Waals surface area contributed by atoms with Crippen molar-refractivity contribution in [3.8, 4) is 0 Å². The molecule has 4 rings (SSSR count). The van der Waals surface area contributed by atoms with E-state index in [0.29, 0.717) is 25.3 Å². The zero-order chi connectivity index (χ0) is 18.1. The van der Waals surface area contributed by atoms with Crippen molar-refractivity contribution in [1.82, 2.24) is 24.8 Å².